The Labute approximate surface area is 64.5 Å². The van der Waals surface area contributed by atoms with E-state index in [1.165, 1.54) is 6.26 Å². The summed E-state index contributed by atoms with van der Waals surface area (Å²) >= 11 is 1.78. The van der Waals surface area contributed by atoms with Gasteiger partial charge in [0.15, 0.2) is 5.75 Å². The first kappa shape index (κ1) is 6.60. The fraction of sp³-hybridized carbons (Fsp3) is 0. The van der Waals surface area contributed by atoms with Crippen LogP contribution in [0.1, 0.15) is 0 Å². The molecule has 1 aromatic heterocycles. The Morgan fingerprint density at radius 1 is 1.56 bits per heavy atom. The number of halogens is 1. The fourth-order valence-corrected chi connectivity index (χ4v) is 0.811. The second-order valence-corrected chi connectivity index (χ2v) is 2.60. The zero-order valence-electron chi connectivity index (χ0n) is 4.30. The standard InChI is InChI=1S/C5H3IO3/c6-3-1-9-2-4(7)5(3)8/h1-2,7H. The van der Waals surface area contributed by atoms with Crippen LogP contribution in [-0.2, 0) is 0 Å². The van der Waals surface area contributed by atoms with Crippen LogP contribution in [0.15, 0.2) is 21.7 Å². The van der Waals surface area contributed by atoms with Gasteiger partial charge in [0.2, 0.25) is 5.43 Å². The Bertz CT molecular complexity index is 242. The van der Waals surface area contributed by atoms with Crippen molar-refractivity contribution in [3.63, 3.8) is 0 Å². The quantitative estimate of drug-likeness (QED) is 0.684. The van der Waals surface area contributed by atoms with E-state index in [1.807, 2.05) is 0 Å². The van der Waals surface area contributed by atoms with Crippen molar-refractivity contribution in [1.29, 1.82) is 0 Å². The summed E-state index contributed by atoms with van der Waals surface area (Å²) in [4.78, 5) is 10.7. The number of hydrogen-bond donors (Lipinski definition) is 1. The second kappa shape index (κ2) is 2.38. The molecule has 0 spiro atoms. The normalized spacial score (nSPS) is 9.44. The molecule has 9 heavy (non-hydrogen) atoms. The van der Waals surface area contributed by atoms with Crippen LogP contribution in [0.5, 0.6) is 5.75 Å². The van der Waals surface area contributed by atoms with E-state index in [-0.39, 0.29) is 11.2 Å². The van der Waals surface area contributed by atoms with Gasteiger partial charge in [0.25, 0.3) is 0 Å². The highest BCUT2D eigenvalue weighted by molar-refractivity contribution is 14.1. The SMILES string of the molecule is O=c1c(O)cocc1I. The van der Waals surface area contributed by atoms with Gasteiger partial charge in [0, 0.05) is 0 Å². The molecular weight excluding hydrogens is 235 g/mol. The number of rotatable bonds is 0. The van der Waals surface area contributed by atoms with E-state index in [0.29, 0.717) is 3.57 Å². The molecule has 1 rings (SSSR count). The van der Waals surface area contributed by atoms with Gasteiger partial charge < -0.3 is 9.52 Å². The molecular formula is C5H3IO3. The molecule has 0 unspecified atom stereocenters. The van der Waals surface area contributed by atoms with Crippen LogP contribution in [0, 0.1) is 3.57 Å². The van der Waals surface area contributed by atoms with E-state index in [9.17, 15) is 4.79 Å². The zero-order chi connectivity index (χ0) is 6.85. The Morgan fingerprint density at radius 3 is 2.67 bits per heavy atom. The molecule has 0 amide bonds. The maximum atomic E-state index is 10.7. The Hall–Kier alpha value is -0.520. The highest BCUT2D eigenvalue weighted by Crippen LogP contribution is 2.03. The minimum Gasteiger partial charge on any atom is -0.502 e. The maximum Gasteiger partial charge on any atom is 0.239 e. The lowest BCUT2D eigenvalue weighted by atomic mass is 10.5. The minimum atomic E-state index is -0.387. The van der Waals surface area contributed by atoms with Crippen molar-refractivity contribution in [2.45, 2.75) is 0 Å². The fourth-order valence-electron chi connectivity index (χ4n) is 0.388. The molecule has 0 fully saturated rings. The average Bonchev–Trinajstić information content (AvgIpc) is 1.83. The minimum absolute atomic E-state index is 0.345. The van der Waals surface area contributed by atoms with E-state index < -0.39 is 0 Å². The molecule has 0 aromatic carbocycles. The van der Waals surface area contributed by atoms with Crippen molar-refractivity contribution < 1.29 is 9.52 Å². The summed E-state index contributed by atoms with van der Waals surface area (Å²) in [6.45, 7) is 0. The number of hydrogen-bond acceptors (Lipinski definition) is 3. The zero-order valence-corrected chi connectivity index (χ0v) is 6.45. The third-order valence-electron chi connectivity index (χ3n) is 0.801. The van der Waals surface area contributed by atoms with Gasteiger partial charge in [0.05, 0.1) is 3.57 Å². The van der Waals surface area contributed by atoms with Crippen molar-refractivity contribution in [2.75, 3.05) is 0 Å². The second-order valence-electron chi connectivity index (χ2n) is 1.43. The molecule has 1 N–H and O–H groups in total. The molecule has 1 aromatic rings. The van der Waals surface area contributed by atoms with Crippen LogP contribution < -0.4 is 5.43 Å². The van der Waals surface area contributed by atoms with Crippen LogP contribution in [0.25, 0.3) is 0 Å². The highest BCUT2D eigenvalue weighted by Gasteiger charge is 1.99. The summed E-state index contributed by atoms with van der Waals surface area (Å²) in [5, 5.41) is 8.69. The summed E-state index contributed by atoms with van der Waals surface area (Å²) in [7, 11) is 0. The van der Waals surface area contributed by atoms with Crippen LogP contribution in [0.3, 0.4) is 0 Å². The monoisotopic (exact) mass is 238 g/mol. The van der Waals surface area contributed by atoms with E-state index >= 15 is 0 Å². The van der Waals surface area contributed by atoms with Gasteiger partial charge in [0.1, 0.15) is 12.5 Å². The lowest BCUT2D eigenvalue weighted by Gasteiger charge is -1.87. The van der Waals surface area contributed by atoms with Gasteiger partial charge in [-0.25, -0.2) is 0 Å². The van der Waals surface area contributed by atoms with E-state index in [0.717, 1.165) is 6.26 Å². The summed E-state index contributed by atoms with van der Waals surface area (Å²) in [6.07, 6.45) is 2.28. The van der Waals surface area contributed by atoms with Crippen molar-refractivity contribution >= 4 is 22.6 Å². The van der Waals surface area contributed by atoms with Crippen molar-refractivity contribution in [3.8, 4) is 5.75 Å². The highest BCUT2D eigenvalue weighted by atomic mass is 127. The van der Waals surface area contributed by atoms with Gasteiger partial charge >= 0.3 is 0 Å². The number of aromatic hydroxyl groups is 1. The Balaban J connectivity index is 3.43. The molecule has 0 radical (unpaired) electrons. The van der Waals surface area contributed by atoms with Gasteiger partial charge in [-0.2, -0.15) is 0 Å². The first-order chi connectivity index (χ1) is 4.22. The van der Waals surface area contributed by atoms with Gasteiger partial charge in [-0.3, -0.25) is 4.79 Å². The summed E-state index contributed by atoms with van der Waals surface area (Å²) in [6, 6.07) is 0. The molecule has 3 nitrogen and oxygen atoms in total. The van der Waals surface area contributed by atoms with E-state index in [4.69, 9.17) is 5.11 Å². The third kappa shape index (κ3) is 1.24. The predicted octanol–water partition coefficient (Wildman–Crippen LogP) is 0.950. The molecule has 4 heteroatoms. The Kier molecular flexibility index (Phi) is 1.75. The van der Waals surface area contributed by atoms with Crippen LogP contribution in [0.4, 0.5) is 0 Å². The lowest BCUT2D eigenvalue weighted by Crippen LogP contribution is -2.01. The lowest BCUT2D eigenvalue weighted by molar-refractivity contribution is 0.427. The predicted molar refractivity (Wildman–Crippen MR) is 39.4 cm³/mol. The summed E-state index contributed by atoms with van der Waals surface area (Å²) < 4.78 is 4.94. The molecule has 0 atom stereocenters. The summed E-state index contributed by atoms with van der Waals surface area (Å²) in [5.74, 6) is -0.345. The molecule has 0 saturated heterocycles. The van der Waals surface area contributed by atoms with Gasteiger partial charge in [-0.15, -0.1) is 0 Å². The molecule has 0 aliphatic heterocycles. The maximum absolute atomic E-state index is 10.7. The largest absolute Gasteiger partial charge is 0.502 e. The smallest absolute Gasteiger partial charge is 0.239 e. The topological polar surface area (TPSA) is 50.4 Å². The van der Waals surface area contributed by atoms with Crippen LogP contribution in [0.2, 0.25) is 0 Å². The molecule has 48 valence electrons. The summed E-state index contributed by atoms with van der Waals surface area (Å²) in [5.41, 5.74) is -0.387. The third-order valence-corrected chi connectivity index (χ3v) is 1.54. The van der Waals surface area contributed by atoms with Crippen molar-refractivity contribution in [2.24, 2.45) is 0 Å². The Morgan fingerprint density at radius 2 is 2.22 bits per heavy atom. The van der Waals surface area contributed by atoms with Gasteiger partial charge in [-0.1, -0.05) is 0 Å². The average molecular weight is 238 g/mol. The molecule has 0 bridgehead atoms. The van der Waals surface area contributed by atoms with E-state index in [1.54, 1.807) is 22.6 Å². The van der Waals surface area contributed by atoms with Crippen LogP contribution >= 0.6 is 22.6 Å². The first-order valence-electron chi connectivity index (χ1n) is 2.17. The van der Waals surface area contributed by atoms with Gasteiger partial charge in [-0.05, 0) is 22.6 Å². The molecule has 0 saturated carbocycles. The van der Waals surface area contributed by atoms with E-state index in [2.05, 4.69) is 4.42 Å². The van der Waals surface area contributed by atoms with Crippen molar-refractivity contribution in [1.82, 2.24) is 0 Å². The molecule has 0 aliphatic carbocycles. The van der Waals surface area contributed by atoms with Crippen molar-refractivity contribution in [3.05, 3.63) is 26.3 Å². The first-order valence-corrected chi connectivity index (χ1v) is 3.24. The van der Waals surface area contributed by atoms with Crippen LogP contribution in [-0.4, -0.2) is 5.11 Å². The molecule has 0 aliphatic rings. The molecule has 1 heterocycles.